The maximum absolute atomic E-state index is 6.28. The van der Waals surface area contributed by atoms with Crippen molar-refractivity contribution in [2.75, 3.05) is 0 Å². The molecule has 0 bridgehead atoms. The molecule has 0 spiro atoms. The number of fused-ring (bicyclic) bond motifs is 2. The summed E-state index contributed by atoms with van der Waals surface area (Å²) < 4.78 is 12.6. The minimum Gasteiger partial charge on any atom is -0.436 e. The molecule has 0 saturated carbocycles. The van der Waals surface area contributed by atoms with E-state index in [1.165, 1.54) is 0 Å². The minimum absolute atomic E-state index is 0.469. The summed E-state index contributed by atoms with van der Waals surface area (Å²) in [7, 11) is 0. The Balaban J connectivity index is 1.20. The molecule has 0 aliphatic carbocycles. The number of hydrogen-bond acceptors (Lipinski definition) is 7. The van der Waals surface area contributed by atoms with Gasteiger partial charge in [-0.15, -0.1) is 0 Å². The van der Waals surface area contributed by atoms with Crippen molar-refractivity contribution in [3.05, 3.63) is 176 Å². The van der Waals surface area contributed by atoms with Crippen molar-refractivity contribution in [1.29, 1.82) is 0 Å². The summed E-state index contributed by atoms with van der Waals surface area (Å²) in [6, 6.07) is 58.7. The molecule has 7 aromatic carbocycles. The van der Waals surface area contributed by atoms with Crippen LogP contribution in [0.3, 0.4) is 0 Å². The van der Waals surface area contributed by atoms with E-state index in [1.54, 1.807) is 0 Å². The van der Waals surface area contributed by atoms with Crippen LogP contribution in [0, 0.1) is 0 Å². The van der Waals surface area contributed by atoms with Crippen molar-refractivity contribution in [3.8, 4) is 79.3 Å². The van der Waals surface area contributed by atoms with E-state index in [4.69, 9.17) is 33.8 Å². The number of hydrogen-bond donors (Lipinski definition) is 0. The second-order valence-corrected chi connectivity index (χ2v) is 13.0. The van der Waals surface area contributed by atoms with E-state index in [0.717, 1.165) is 61.1 Å². The summed E-state index contributed by atoms with van der Waals surface area (Å²) in [6.07, 6.45) is 0. The Hall–Kier alpha value is -7.51. The standard InChI is InChI=1S/C47H29N5O2/c1-4-14-30(15-5-1)33-24-34(31-16-6-2-7-17-31)26-35(25-33)44-50-43(32-18-8-3-9-19-32)51-45(52-44)36-27-37(46-48-39-20-10-12-22-41(39)53-46)29-38(28-36)47-49-40-21-11-13-23-42(40)54-47/h1-29H. The number of oxazole rings is 2. The van der Waals surface area contributed by atoms with Crippen molar-refractivity contribution in [2.45, 2.75) is 0 Å². The fourth-order valence-corrected chi connectivity index (χ4v) is 6.70. The number of nitrogens with zero attached hydrogens (tertiary/aromatic N) is 5. The molecule has 10 aromatic rings. The van der Waals surface area contributed by atoms with Gasteiger partial charge in [-0.05, 0) is 82.9 Å². The molecule has 7 heteroatoms. The van der Waals surface area contributed by atoms with Crippen molar-refractivity contribution in [3.63, 3.8) is 0 Å². The van der Waals surface area contributed by atoms with Crippen molar-refractivity contribution in [1.82, 2.24) is 24.9 Å². The highest BCUT2D eigenvalue weighted by Gasteiger charge is 2.19. The maximum Gasteiger partial charge on any atom is 0.227 e. The largest absolute Gasteiger partial charge is 0.436 e. The zero-order chi connectivity index (χ0) is 35.8. The molecule has 3 heterocycles. The van der Waals surface area contributed by atoms with Crippen molar-refractivity contribution >= 4 is 22.2 Å². The summed E-state index contributed by atoms with van der Waals surface area (Å²) >= 11 is 0. The third-order valence-corrected chi connectivity index (χ3v) is 9.35. The van der Waals surface area contributed by atoms with Gasteiger partial charge in [0.1, 0.15) is 11.0 Å². The van der Waals surface area contributed by atoms with Crippen LogP contribution in [0.2, 0.25) is 0 Å². The fourth-order valence-electron chi connectivity index (χ4n) is 6.70. The van der Waals surface area contributed by atoms with Gasteiger partial charge in [0.15, 0.2) is 28.6 Å². The summed E-state index contributed by atoms with van der Waals surface area (Å²) in [6.45, 7) is 0. The van der Waals surface area contributed by atoms with Crippen molar-refractivity contribution < 1.29 is 8.83 Å². The van der Waals surface area contributed by atoms with Gasteiger partial charge in [-0.1, -0.05) is 115 Å². The summed E-state index contributed by atoms with van der Waals surface area (Å²) in [5.41, 5.74) is 11.2. The minimum atomic E-state index is 0.469. The molecule has 0 N–H and O–H groups in total. The summed E-state index contributed by atoms with van der Waals surface area (Å²) in [5, 5.41) is 0. The predicted molar refractivity (Wildman–Crippen MR) is 213 cm³/mol. The number of aromatic nitrogens is 5. The lowest BCUT2D eigenvalue weighted by Gasteiger charge is -2.13. The summed E-state index contributed by atoms with van der Waals surface area (Å²) in [4.78, 5) is 25.1. The Bertz CT molecular complexity index is 2720. The molecule has 3 aromatic heterocycles. The molecule has 10 rings (SSSR count). The number of benzene rings is 7. The van der Waals surface area contributed by atoms with Gasteiger partial charge in [-0.3, -0.25) is 0 Å². The lowest BCUT2D eigenvalue weighted by molar-refractivity contribution is 0.617. The highest BCUT2D eigenvalue weighted by Crippen LogP contribution is 2.37. The second kappa shape index (κ2) is 13.2. The normalized spacial score (nSPS) is 11.3. The first-order chi connectivity index (χ1) is 26.7. The summed E-state index contributed by atoms with van der Waals surface area (Å²) in [5.74, 6) is 2.52. The van der Waals surface area contributed by atoms with Crippen LogP contribution < -0.4 is 0 Å². The molecule has 7 nitrogen and oxygen atoms in total. The molecule has 0 radical (unpaired) electrons. The molecule has 0 saturated heterocycles. The van der Waals surface area contributed by atoms with E-state index >= 15 is 0 Å². The third-order valence-electron chi connectivity index (χ3n) is 9.35. The third kappa shape index (κ3) is 5.99. The van der Waals surface area contributed by atoms with Crippen LogP contribution in [0.1, 0.15) is 0 Å². The number of rotatable bonds is 7. The van der Waals surface area contributed by atoms with Gasteiger partial charge in [0, 0.05) is 27.8 Å². The lowest BCUT2D eigenvalue weighted by atomic mass is 9.96. The van der Waals surface area contributed by atoms with E-state index in [9.17, 15) is 0 Å². The van der Waals surface area contributed by atoms with Crippen LogP contribution in [-0.2, 0) is 0 Å². The van der Waals surface area contributed by atoms with Gasteiger partial charge < -0.3 is 8.83 Å². The maximum atomic E-state index is 6.28. The molecule has 0 aliphatic rings. The van der Waals surface area contributed by atoms with Crippen LogP contribution in [-0.4, -0.2) is 24.9 Å². The molecule has 0 fully saturated rings. The second-order valence-electron chi connectivity index (χ2n) is 13.0. The van der Waals surface area contributed by atoms with Gasteiger partial charge in [0.25, 0.3) is 0 Å². The first-order valence-corrected chi connectivity index (χ1v) is 17.7. The van der Waals surface area contributed by atoms with Crippen LogP contribution in [0.15, 0.2) is 185 Å². The van der Waals surface area contributed by atoms with Gasteiger partial charge in [-0.2, -0.15) is 0 Å². The van der Waals surface area contributed by atoms with Gasteiger partial charge in [-0.25, -0.2) is 24.9 Å². The molecular formula is C47H29N5O2. The van der Waals surface area contributed by atoms with Crippen molar-refractivity contribution in [2.24, 2.45) is 0 Å². The number of para-hydroxylation sites is 4. The molecule has 0 unspecified atom stereocenters. The zero-order valence-electron chi connectivity index (χ0n) is 28.8. The Morgan fingerprint density at radius 1 is 0.259 bits per heavy atom. The predicted octanol–water partition coefficient (Wildman–Crippen LogP) is 11.8. The molecule has 0 atom stereocenters. The Labute approximate surface area is 310 Å². The smallest absolute Gasteiger partial charge is 0.227 e. The highest BCUT2D eigenvalue weighted by atomic mass is 16.4. The van der Waals surface area contributed by atoms with Crippen LogP contribution in [0.4, 0.5) is 0 Å². The fraction of sp³-hybridized carbons (Fsp3) is 0. The lowest BCUT2D eigenvalue weighted by Crippen LogP contribution is -2.01. The van der Waals surface area contributed by atoms with Crippen LogP contribution >= 0.6 is 0 Å². The van der Waals surface area contributed by atoms with E-state index in [1.807, 2.05) is 109 Å². The molecule has 254 valence electrons. The Morgan fingerprint density at radius 3 is 1.04 bits per heavy atom. The first-order valence-electron chi connectivity index (χ1n) is 17.7. The quantitative estimate of drug-likeness (QED) is 0.164. The highest BCUT2D eigenvalue weighted by molar-refractivity contribution is 5.84. The average molecular weight is 696 g/mol. The van der Waals surface area contributed by atoms with E-state index in [-0.39, 0.29) is 0 Å². The van der Waals surface area contributed by atoms with E-state index in [0.29, 0.717) is 40.4 Å². The average Bonchev–Trinajstić information content (AvgIpc) is 3.90. The Kier molecular flexibility index (Phi) is 7.66. The van der Waals surface area contributed by atoms with E-state index < -0.39 is 0 Å². The molecule has 0 amide bonds. The monoisotopic (exact) mass is 695 g/mol. The van der Waals surface area contributed by atoms with Crippen LogP contribution in [0.25, 0.3) is 102 Å². The van der Waals surface area contributed by atoms with Gasteiger partial charge >= 0.3 is 0 Å². The SMILES string of the molecule is c1ccc(-c2cc(-c3ccccc3)cc(-c3nc(-c4ccccc4)nc(-c4cc(-c5nc6ccccc6o5)cc(-c5nc6ccccc6o5)c4)n3)c2)cc1. The van der Waals surface area contributed by atoms with E-state index in [2.05, 4.69) is 66.7 Å². The first kappa shape index (κ1) is 31.2. The topological polar surface area (TPSA) is 90.7 Å². The molecule has 0 aliphatic heterocycles. The van der Waals surface area contributed by atoms with Gasteiger partial charge in [0.2, 0.25) is 11.8 Å². The molecule has 54 heavy (non-hydrogen) atoms. The Morgan fingerprint density at radius 2 is 0.593 bits per heavy atom. The van der Waals surface area contributed by atoms with Gasteiger partial charge in [0.05, 0.1) is 0 Å². The van der Waals surface area contributed by atoms with Crippen LogP contribution in [0.5, 0.6) is 0 Å². The zero-order valence-corrected chi connectivity index (χ0v) is 28.8. The molecular weight excluding hydrogens is 667 g/mol.